The van der Waals surface area contributed by atoms with E-state index in [9.17, 15) is 8.42 Å². The van der Waals surface area contributed by atoms with Gasteiger partial charge in [-0.25, -0.2) is 13.4 Å². The number of benzene rings is 1. The molecule has 0 atom stereocenters. The van der Waals surface area contributed by atoms with Gasteiger partial charge in [0, 0.05) is 22.6 Å². The Balaban J connectivity index is 2.22. The molecule has 1 aromatic heterocycles. The average Bonchev–Trinajstić information content (AvgIpc) is 2.93. The summed E-state index contributed by atoms with van der Waals surface area (Å²) in [5, 5.41) is 5.33. The first-order valence-corrected chi connectivity index (χ1v) is 9.60. The first-order chi connectivity index (χ1) is 10.0. The first-order valence-electron chi connectivity index (χ1n) is 6.44. The molecule has 0 amide bonds. The molecule has 0 aliphatic heterocycles. The third kappa shape index (κ3) is 4.50. The van der Waals surface area contributed by atoms with Crippen LogP contribution in [0.5, 0.6) is 0 Å². The predicted molar refractivity (Wildman–Crippen MR) is 89.1 cm³/mol. The number of hydrogen-bond donors (Lipinski definition) is 2. The van der Waals surface area contributed by atoms with Gasteiger partial charge in [-0.05, 0) is 46.6 Å². The highest BCUT2D eigenvalue weighted by Crippen LogP contribution is 2.26. The molecule has 114 valence electrons. The van der Waals surface area contributed by atoms with Gasteiger partial charge >= 0.3 is 0 Å². The van der Waals surface area contributed by atoms with Crippen LogP contribution in [0.25, 0.3) is 0 Å². The Morgan fingerprint density at radius 1 is 1.38 bits per heavy atom. The Bertz CT molecular complexity index is 687. The second-order valence-electron chi connectivity index (χ2n) is 4.38. The van der Waals surface area contributed by atoms with Gasteiger partial charge in [0.2, 0.25) is 0 Å². The minimum absolute atomic E-state index is 0.216. The molecule has 0 aliphatic carbocycles. The molecule has 0 saturated carbocycles. The average molecular weight is 390 g/mol. The lowest BCUT2D eigenvalue weighted by Crippen LogP contribution is -2.16. The largest absolute Gasteiger partial charge is 0.313 e. The zero-order valence-electron chi connectivity index (χ0n) is 11.5. The molecule has 0 unspecified atom stereocenters. The van der Waals surface area contributed by atoms with Crippen LogP contribution in [0.3, 0.4) is 0 Å². The Labute approximate surface area is 137 Å². The summed E-state index contributed by atoms with van der Waals surface area (Å²) < 4.78 is 27.8. The number of sulfonamides is 1. The fraction of sp³-hybridized carbons (Fsp3) is 0.308. The van der Waals surface area contributed by atoms with Gasteiger partial charge in [0.05, 0.1) is 0 Å². The Kier molecular flexibility index (Phi) is 5.74. The van der Waals surface area contributed by atoms with Crippen LogP contribution < -0.4 is 10.0 Å². The van der Waals surface area contributed by atoms with Crippen molar-refractivity contribution in [2.45, 2.75) is 24.8 Å². The standard InChI is InChI=1S/C13H16BrN3O2S2/c1-2-5-15-9-10-3-4-11(14)12(8-10)21(18,19)17-13-16-6-7-20-13/h3-4,6-8,15H,2,5,9H2,1H3,(H,16,17). The van der Waals surface area contributed by atoms with Crippen molar-refractivity contribution in [3.05, 3.63) is 39.8 Å². The molecule has 0 aliphatic rings. The third-order valence-corrected chi connectivity index (χ3v) is 5.85. The predicted octanol–water partition coefficient (Wildman–Crippen LogP) is 3.21. The summed E-state index contributed by atoms with van der Waals surface area (Å²) in [6, 6.07) is 5.32. The highest BCUT2D eigenvalue weighted by molar-refractivity contribution is 9.10. The first kappa shape index (κ1) is 16.4. The molecule has 0 spiro atoms. The number of thiazole rings is 1. The number of hydrogen-bond acceptors (Lipinski definition) is 5. The fourth-order valence-electron chi connectivity index (χ4n) is 1.72. The Hall–Kier alpha value is -0.960. The minimum atomic E-state index is -3.64. The molecule has 0 radical (unpaired) electrons. The number of rotatable bonds is 7. The van der Waals surface area contributed by atoms with E-state index in [0.717, 1.165) is 18.5 Å². The van der Waals surface area contributed by atoms with Crippen molar-refractivity contribution in [3.63, 3.8) is 0 Å². The van der Waals surface area contributed by atoms with Crippen LogP contribution >= 0.6 is 27.3 Å². The van der Waals surface area contributed by atoms with Gasteiger partial charge in [-0.3, -0.25) is 4.72 Å². The quantitative estimate of drug-likeness (QED) is 0.713. The van der Waals surface area contributed by atoms with Crippen molar-refractivity contribution in [1.82, 2.24) is 10.3 Å². The van der Waals surface area contributed by atoms with E-state index in [4.69, 9.17) is 0 Å². The smallest absolute Gasteiger partial charge is 0.264 e. The van der Waals surface area contributed by atoms with Gasteiger partial charge in [0.15, 0.2) is 5.13 Å². The van der Waals surface area contributed by atoms with Crippen LogP contribution in [0.2, 0.25) is 0 Å². The summed E-state index contributed by atoms with van der Waals surface area (Å²) in [7, 11) is -3.64. The molecule has 5 nitrogen and oxygen atoms in total. The molecular formula is C13H16BrN3O2S2. The molecule has 2 aromatic rings. The second kappa shape index (κ2) is 7.35. The van der Waals surface area contributed by atoms with Gasteiger partial charge in [-0.15, -0.1) is 11.3 Å². The van der Waals surface area contributed by atoms with Crippen LogP contribution in [-0.2, 0) is 16.6 Å². The molecule has 2 rings (SSSR count). The molecule has 2 N–H and O–H groups in total. The number of nitrogens with one attached hydrogen (secondary N) is 2. The maximum atomic E-state index is 12.4. The van der Waals surface area contributed by atoms with Crippen LogP contribution in [-0.4, -0.2) is 19.9 Å². The molecular weight excluding hydrogens is 374 g/mol. The van der Waals surface area contributed by atoms with E-state index in [0.29, 0.717) is 16.1 Å². The molecule has 0 saturated heterocycles. The van der Waals surface area contributed by atoms with E-state index in [-0.39, 0.29) is 4.90 Å². The topological polar surface area (TPSA) is 71.1 Å². The van der Waals surface area contributed by atoms with Crippen molar-refractivity contribution in [3.8, 4) is 0 Å². The van der Waals surface area contributed by atoms with E-state index in [2.05, 4.69) is 37.9 Å². The van der Waals surface area contributed by atoms with E-state index < -0.39 is 10.0 Å². The van der Waals surface area contributed by atoms with Crippen molar-refractivity contribution in [2.24, 2.45) is 0 Å². The number of anilines is 1. The lowest BCUT2D eigenvalue weighted by Gasteiger charge is -2.10. The summed E-state index contributed by atoms with van der Waals surface area (Å²) in [5.74, 6) is 0. The van der Waals surface area contributed by atoms with Gasteiger partial charge in [0.1, 0.15) is 4.90 Å². The van der Waals surface area contributed by atoms with E-state index in [1.807, 2.05) is 6.07 Å². The van der Waals surface area contributed by atoms with Crippen molar-refractivity contribution >= 4 is 42.4 Å². The lowest BCUT2D eigenvalue weighted by atomic mass is 10.2. The molecule has 1 aromatic carbocycles. The summed E-state index contributed by atoms with van der Waals surface area (Å²) in [6.07, 6.45) is 2.59. The molecule has 0 bridgehead atoms. The molecule has 0 fully saturated rings. The van der Waals surface area contributed by atoms with Gasteiger partial charge in [-0.2, -0.15) is 0 Å². The highest BCUT2D eigenvalue weighted by atomic mass is 79.9. The lowest BCUT2D eigenvalue weighted by molar-refractivity contribution is 0.600. The normalized spacial score (nSPS) is 11.5. The number of halogens is 1. The molecule has 1 heterocycles. The highest BCUT2D eigenvalue weighted by Gasteiger charge is 2.19. The summed E-state index contributed by atoms with van der Waals surface area (Å²) in [5.41, 5.74) is 0.922. The Morgan fingerprint density at radius 3 is 2.86 bits per heavy atom. The number of nitrogens with zero attached hydrogens (tertiary/aromatic N) is 1. The third-order valence-electron chi connectivity index (χ3n) is 2.70. The van der Waals surface area contributed by atoms with Gasteiger partial charge < -0.3 is 5.32 Å². The maximum Gasteiger partial charge on any atom is 0.264 e. The Morgan fingerprint density at radius 2 is 2.19 bits per heavy atom. The summed E-state index contributed by atoms with van der Waals surface area (Å²) >= 11 is 4.54. The van der Waals surface area contributed by atoms with E-state index in [1.54, 1.807) is 23.7 Å². The van der Waals surface area contributed by atoms with Crippen molar-refractivity contribution < 1.29 is 8.42 Å². The van der Waals surface area contributed by atoms with Crippen LogP contribution in [0.15, 0.2) is 39.1 Å². The summed E-state index contributed by atoms with van der Waals surface area (Å²) in [4.78, 5) is 4.16. The van der Waals surface area contributed by atoms with E-state index >= 15 is 0 Å². The zero-order chi connectivity index (χ0) is 15.3. The van der Waals surface area contributed by atoms with Crippen LogP contribution in [0.1, 0.15) is 18.9 Å². The maximum absolute atomic E-state index is 12.4. The van der Waals surface area contributed by atoms with E-state index in [1.165, 1.54) is 11.3 Å². The zero-order valence-corrected chi connectivity index (χ0v) is 14.7. The monoisotopic (exact) mass is 389 g/mol. The molecule has 8 heteroatoms. The second-order valence-corrected chi connectivity index (χ2v) is 7.78. The fourth-order valence-corrected chi connectivity index (χ4v) is 4.52. The summed E-state index contributed by atoms with van der Waals surface area (Å²) in [6.45, 7) is 3.62. The van der Waals surface area contributed by atoms with Crippen molar-refractivity contribution in [1.29, 1.82) is 0 Å². The minimum Gasteiger partial charge on any atom is -0.313 e. The van der Waals surface area contributed by atoms with Crippen molar-refractivity contribution in [2.75, 3.05) is 11.3 Å². The van der Waals surface area contributed by atoms with Gasteiger partial charge in [-0.1, -0.05) is 13.0 Å². The SMILES string of the molecule is CCCNCc1ccc(Br)c(S(=O)(=O)Nc2nccs2)c1. The number of aromatic nitrogens is 1. The van der Waals surface area contributed by atoms with Crippen LogP contribution in [0, 0.1) is 0 Å². The van der Waals surface area contributed by atoms with Gasteiger partial charge in [0.25, 0.3) is 10.0 Å². The van der Waals surface area contributed by atoms with Crippen LogP contribution in [0.4, 0.5) is 5.13 Å². The molecule has 21 heavy (non-hydrogen) atoms.